The van der Waals surface area contributed by atoms with Gasteiger partial charge in [0.2, 0.25) is 5.91 Å². The van der Waals surface area contributed by atoms with Crippen molar-refractivity contribution in [1.29, 1.82) is 5.26 Å². The number of rotatable bonds is 2. The summed E-state index contributed by atoms with van der Waals surface area (Å²) in [4.78, 5) is 29.7. The summed E-state index contributed by atoms with van der Waals surface area (Å²) < 4.78 is 0. The molecule has 1 aliphatic heterocycles. The molecule has 0 bridgehead atoms. The SMILES string of the molecule is N#Cc1c(N2C(=O)C[C@H](c3cccc(Cl)c3)C3=C2CCCC3=O)sc2c1CCCCCC2. The molecule has 2 heterocycles. The lowest BCUT2D eigenvalue weighted by Gasteiger charge is -2.37. The molecule has 0 saturated carbocycles. The molecule has 0 spiro atoms. The van der Waals surface area contributed by atoms with E-state index in [0.29, 0.717) is 23.4 Å². The van der Waals surface area contributed by atoms with E-state index in [2.05, 4.69) is 6.07 Å². The van der Waals surface area contributed by atoms with Crippen molar-refractivity contribution in [3.8, 4) is 6.07 Å². The first kappa shape index (κ1) is 21.4. The molecule has 1 amide bonds. The lowest BCUT2D eigenvalue weighted by atomic mass is 9.77. The van der Waals surface area contributed by atoms with Crippen LogP contribution in [0.2, 0.25) is 5.02 Å². The van der Waals surface area contributed by atoms with Crippen LogP contribution in [0.25, 0.3) is 0 Å². The molecule has 3 aliphatic rings. The number of benzene rings is 1. The van der Waals surface area contributed by atoms with Gasteiger partial charge in [-0.3, -0.25) is 14.5 Å². The fourth-order valence-electron chi connectivity index (χ4n) is 5.41. The first-order valence-electron chi connectivity index (χ1n) is 11.5. The molecular weight excluding hydrogens is 440 g/mol. The number of carbonyl (C=O) groups is 2. The van der Waals surface area contributed by atoms with Crippen molar-refractivity contribution in [1.82, 2.24) is 0 Å². The first-order valence-corrected chi connectivity index (χ1v) is 12.7. The van der Waals surface area contributed by atoms with Gasteiger partial charge in [-0.2, -0.15) is 5.26 Å². The van der Waals surface area contributed by atoms with E-state index in [4.69, 9.17) is 11.6 Å². The van der Waals surface area contributed by atoms with Crippen LogP contribution >= 0.6 is 22.9 Å². The van der Waals surface area contributed by atoms with Crippen LogP contribution < -0.4 is 4.90 Å². The summed E-state index contributed by atoms with van der Waals surface area (Å²) in [6, 6.07) is 9.90. The maximum absolute atomic E-state index is 13.6. The second-order valence-electron chi connectivity index (χ2n) is 8.89. The molecule has 2 aliphatic carbocycles. The molecular formula is C26H25ClN2O2S. The second-order valence-corrected chi connectivity index (χ2v) is 10.4. The van der Waals surface area contributed by atoms with Gasteiger partial charge >= 0.3 is 0 Å². The Labute approximate surface area is 197 Å². The molecule has 4 nitrogen and oxygen atoms in total. The van der Waals surface area contributed by atoms with Crippen LogP contribution in [0.1, 0.15) is 78.9 Å². The molecule has 0 saturated heterocycles. The van der Waals surface area contributed by atoms with Gasteiger partial charge < -0.3 is 0 Å². The maximum Gasteiger partial charge on any atom is 0.232 e. The number of nitrogens with zero attached hydrogens (tertiary/aromatic N) is 2. The number of thiophene rings is 1. The number of aryl methyl sites for hydroxylation is 1. The fraction of sp³-hybridized carbons (Fsp3) is 0.423. The summed E-state index contributed by atoms with van der Waals surface area (Å²) in [6.07, 6.45) is 8.59. The van der Waals surface area contributed by atoms with Gasteiger partial charge in [0.15, 0.2) is 5.78 Å². The van der Waals surface area contributed by atoms with E-state index in [1.807, 2.05) is 18.2 Å². The number of hydrogen-bond donors (Lipinski definition) is 0. The average Bonchev–Trinajstić information content (AvgIpc) is 3.09. The van der Waals surface area contributed by atoms with Gasteiger partial charge in [0.05, 0.1) is 5.56 Å². The smallest absolute Gasteiger partial charge is 0.232 e. The summed E-state index contributed by atoms with van der Waals surface area (Å²) >= 11 is 7.82. The molecule has 6 heteroatoms. The Morgan fingerprint density at radius 1 is 1.03 bits per heavy atom. The average molecular weight is 465 g/mol. The molecule has 0 fully saturated rings. The maximum atomic E-state index is 13.6. The highest BCUT2D eigenvalue weighted by Gasteiger charge is 2.41. The van der Waals surface area contributed by atoms with Gasteiger partial charge in [0.1, 0.15) is 11.1 Å². The topological polar surface area (TPSA) is 61.2 Å². The van der Waals surface area contributed by atoms with E-state index in [0.717, 1.165) is 59.5 Å². The number of Topliss-reactive ketones (excluding diaryl/α,β-unsaturated/α-hetero) is 1. The van der Waals surface area contributed by atoms with Crippen molar-refractivity contribution in [3.63, 3.8) is 0 Å². The standard InChI is InChI=1S/C26H25ClN2O2S/c27-17-8-5-7-16(13-17)19-14-24(31)29(21-10-6-11-22(30)25(19)21)26-20(15-28)18-9-3-1-2-4-12-23(18)32-26/h5,7-8,13,19H,1-4,6,9-12,14H2/t19-/m1/s1. The quantitative estimate of drug-likeness (QED) is 0.512. The molecule has 2 aromatic rings. The van der Waals surface area contributed by atoms with Crippen LogP contribution in [0, 0.1) is 11.3 Å². The highest BCUT2D eigenvalue weighted by molar-refractivity contribution is 7.16. The summed E-state index contributed by atoms with van der Waals surface area (Å²) in [7, 11) is 0. The Kier molecular flexibility index (Phi) is 5.92. The normalized spacial score (nSPS) is 21.5. The molecule has 1 aromatic carbocycles. The van der Waals surface area contributed by atoms with Crippen molar-refractivity contribution < 1.29 is 9.59 Å². The summed E-state index contributed by atoms with van der Waals surface area (Å²) in [5.41, 5.74) is 4.22. The monoisotopic (exact) mass is 464 g/mol. The number of amides is 1. The van der Waals surface area contributed by atoms with E-state index in [9.17, 15) is 14.9 Å². The largest absolute Gasteiger partial charge is 0.294 e. The number of hydrogen-bond acceptors (Lipinski definition) is 4. The van der Waals surface area contributed by atoms with Gasteiger partial charge in [-0.1, -0.05) is 36.6 Å². The minimum atomic E-state index is -0.272. The van der Waals surface area contributed by atoms with Crippen molar-refractivity contribution in [2.24, 2.45) is 0 Å². The summed E-state index contributed by atoms with van der Waals surface area (Å²) in [5, 5.41) is 11.4. The van der Waals surface area contributed by atoms with Gasteiger partial charge in [-0.05, 0) is 61.8 Å². The van der Waals surface area contributed by atoms with Gasteiger partial charge in [-0.15, -0.1) is 11.3 Å². The number of ketones is 1. The molecule has 5 rings (SSSR count). The fourth-order valence-corrected chi connectivity index (χ4v) is 6.99. The van der Waals surface area contributed by atoms with Crippen LogP contribution in [0.15, 0.2) is 35.5 Å². The molecule has 0 N–H and O–H groups in total. The van der Waals surface area contributed by atoms with Crippen LogP contribution in [0.3, 0.4) is 0 Å². The number of carbonyl (C=O) groups excluding carboxylic acids is 2. The van der Waals surface area contributed by atoms with Crippen molar-refractivity contribution in [2.45, 2.75) is 70.1 Å². The molecule has 1 aromatic heterocycles. The van der Waals surface area contributed by atoms with Gasteiger partial charge in [0.25, 0.3) is 0 Å². The lowest BCUT2D eigenvalue weighted by molar-refractivity contribution is -0.119. The molecule has 0 unspecified atom stereocenters. The third-order valence-corrected chi connectivity index (χ3v) is 8.41. The molecule has 32 heavy (non-hydrogen) atoms. The van der Waals surface area contributed by atoms with Crippen molar-refractivity contribution >= 4 is 39.6 Å². The predicted octanol–water partition coefficient (Wildman–Crippen LogP) is 6.46. The molecule has 1 atom stereocenters. The van der Waals surface area contributed by atoms with Crippen LogP contribution in [-0.4, -0.2) is 11.7 Å². The zero-order chi connectivity index (χ0) is 22.2. The van der Waals surface area contributed by atoms with Crippen LogP contribution in [0.5, 0.6) is 0 Å². The Morgan fingerprint density at radius 3 is 2.62 bits per heavy atom. The highest BCUT2D eigenvalue weighted by Crippen LogP contribution is 2.47. The van der Waals surface area contributed by atoms with Gasteiger partial charge in [-0.25, -0.2) is 0 Å². The minimum Gasteiger partial charge on any atom is -0.294 e. The first-order chi connectivity index (χ1) is 15.6. The van der Waals surface area contributed by atoms with Crippen LogP contribution in [0.4, 0.5) is 5.00 Å². The number of fused-ring (bicyclic) bond motifs is 1. The zero-order valence-corrected chi connectivity index (χ0v) is 19.5. The van der Waals surface area contributed by atoms with Crippen molar-refractivity contribution in [2.75, 3.05) is 4.90 Å². The van der Waals surface area contributed by atoms with E-state index in [-0.39, 0.29) is 24.0 Å². The number of anilines is 1. The third-order valence-electron chi connectivity index (χ3n) is 6.89. The molecule has 164 valence electrons. The van der Waals surface area contributed by atoms with E-state index < -0.39 is 0 Å². The molecule has 0 radical (unpaired) electrons. The number of halogens is 1. The number of nitriles is 1. The van der Waals surface area contributed by atoms with E-state index >= 15 is 0 Å². The zero-order valence-electron chi connectivity index (χ0n) is 18.0. The Bertz CT molecular complexity index is 1170. The second kappa shape index (κ2) is 8.84. The third kappa shape index (κ3) is 3.70. The highest BCUT2D eigenvalue weighted by atomic mass is 35.5. The van der Waals surface area contributed by atoms with E-state index in [1.54, 1.807) is 22.3 Å². The Hall–Kier alpha value is -2.42. The predicted molar refractivity (Wildman–Crippen MR) is 127 cm³/mol. The van der Waals surface area contributed by atoms with E-state index in [1.165, 1.54) is 17.7 Å². The minimum absolute atomic E-state index is 0.0332. The number of allylic oxidation sites excluding steroid dienone is 2. The Balaban J connectivity index is 1.66. The lowest BCUT2D eigenvalue weighted by Crippen LogP contribution is -2.40. The summed E-state index contributed by atoms with van der Waals surface area (Å²) in [5.74, 6) is -0.192. The van der Waals surface area contributed by atoms with Crippen molar-refractivity contribution in [3.05, 3.63) is 62.1 Å². The summed E-state index contributed by atoms with van der Waals surface area (Å²) in [6.45, 7) is 0. The Morgan fingerprint density at radius 2 is 1.84 bits per heavy atom. The van der Waals surface area contributed by atoms with Crippen LogP contribution in [-0.2, 0) is 22.4 Å². The van der Waals surface area contributed by atoms with Gasteiger partial charge in [0, 0.05) is 39.9 Å².